The van der Waals surface area contributed by atoms with E-state index in [1.165, 1.54) is 0 Å². The van der Waals surface area contributed by atoms with E-state index < -0.39 is 0 Å². The molecule has 2 N–H and O–H groups in total. The zero-order valence-electron chi connectivity index (χ0n) is 13.7. The van der Waals surface area contributed by atoms with Gasteiger partial charge in [-0.25, -0.2) is 0 Å². The first-order valence-electron chi connectivity index (χ1n) is 7.90. The Morgan fingerprint density at radius 2 is 2.05 bits per heavy atom. The molecule has 1 aromatic rings. The lowest BCUT2D eigenvalue weighted by Crippen LogP contribution is -2.35. The minimum absolute atomic E-state index is 0.193. The molecule has 1 unspecified atom stereocenters. The van der Waals surface area contributed by atoms with E-state index in [4.69, 9.17) is 4.74 Å². The summed E-state index contributed by atoms with van der Waals surface area (Å²) in [6.07, 6.45) is 4.20. The average Bonchev–Trinajstić information content (AvgIpc) is 2.45. The van der Waals surface area contributed by atoms with E-state index in [9.17, 15) is 4.79 Å². The minimum atomic E-state index is -0.209. The van der Waals surface area contributed by atoms with E-state index in [1.54, 1.807) is 0 Å². The summed E-state index contributed by atoms with van der Waals surface area (Å²) < 4.78 is 4.96. The van der Waals surface area contributed by atoms with Crippen molar-refractivity contribution in [3.8, 4) is 0 Å². The van der Waals surface area contributed by atoms with E-state index in [1.807, 2.05) is 25.1 Å². The van der Waals surface area contributed by atoms with Gasteiger partial charge in [-0.2, -0.15) is 0 Å². The standard InChI is InChI=1S/C18H26N2O2/c1-4-22-17(21)13-19-15-10-16(12-18(2,3)11-15)20-14-8-6-5-7-9-14/h5-10,16,19-20H,4,11-13H2,1-3H3. The summed E-state index contributed by atoms with van der Waals surface area (Å²) in [4.78, 5) is 11.5. The summed E-state index contributed by atoms with van der Waals surface area (Å²) in [5.41, 5.74) is 2.42. The molecule has 0 aliphatic heterocycles. The zero-order valence-corrected chi connectivity index (χ0v) is 13.7. The van der Waals surface area contributed by atoms with Crippen LogP contribution in [-0.4, -0.2) is 25.2 Å². The topological polar surface area (TPSA) is 50.4 Å². The Labute approximate surface area is 132 Å². The number of carbonyl (C=O) groups is 1. The highest BCUT2D eigenvalue weighted by Gasteiger charge is 2.28. The van der Waals surface area contributed by atoms with E-state index in [0.717, 1.165) is 24.2 Å². The monoisotopic (exact) mass is 302 g/mol. The number of rotatable bonds is 6. The van der Waals surface area contributed by atoms with Crippen LogP contribution in [0.25, 0.3) is 0 Å². The van der Waals surface area contributed by atoms with Crippen LogP contribution >= 0.6 is 0 Å². The predicted molar refractivity (Wildman–Crippen MR) is 89.6 cm³/mol. The van der Waals surface area contributed by atoms with Gasteiger partial charge < -0.3 is 15.4 Å². The van der Waals surface area contributed by atoms with Gasteiger partial charge in [0.05, 0.1) is 6.61 Å². The van der Waals surface area contributed by atoms with Gasteiger partial charge in [-0.3, -0.25) is 4.79 Å². The van der Waals surface area contributed by atoms with Crippen molar-refractivity contribution in [1.29, 1.82) is 0 Å². The summed E-state index contributed by atoms with van der Waals surface area (Å²) in [6, 6.07) is 10.5. The van der Waals surface area contributed by atoms with Gasteiger partial charge in [0.25, 0.3) is 0 Å². The fourth-order valence-electron chi connectivity index (χ4n) is 2.90. The second-order valence-corrected chi connectivity index (χ2v) is 6.51. The van der Waals surface area contributed by atoms with Crippen molar-refractivity contribution in [1.82, 2.24) is 5.32 Å². The molecule has 2 rings (SSSR count). The highest BCUT2D eigenvalue weighted by atomic mass is 16.5. The van der Waals surface area contributed by atoms with Crippen LogP contribution in [0.3, 0.4) is 0 Å². The number of anilines is 1. The van der Waals surface area contributed by atoms with Crippen LogP contribution < -0.4 is 10.6 Å². The highest BCUT2D eigenvalue weighted by Crippen LogP contribution is 2.35. The number of benzene rings is 1. The van der Waals surface area contributed by atoms with Crippen LogP contribution in [0.4, 0.5) is 5.69 Å². The molecule has 0 heterocycles. The molecular formula is C18H26N2O2. The predicted octanol–water partition coefficient (Wildman–Crippen LogP) is 3.32. The lowest BCUT2D eigenvalue weighted by molar-refractivity contribution is -0.141. The normalized spacial score (nSPS) is 20.0. The molecule has 0 saturated carbocycles. The summed E-state index contributed by atoms with van der Waals surface area (Å²) >= 11 is 0. The average molecular weight is 302 g/mol. The van der Waals surface area contributed by atoms with Gasteiger partial charge in [0.2, 0.25) is 0 Å². The maximum absolute atomic E-state index is 11.5. The number of esters is 1. The molecule has 120 valence electrons. The highest BCUT2D eigenvalue weighted by molar-refractivity contribution is 5.71. The van der Waals surface area contributed by atoms with Crippen LogP contribution in [0.15, 0.2) is 42.1 Å². The second kappa shape index (κ2) is 7.34. The Kier molecular flexibility index (Phi) is 5.47. The number of nitrogens with one attached hydrogen (secondary N) is 2. The lowest BCUT2D eigenvalue weighted by Gasteiger charge is -2.35. The van der Waals surface area contributed by atoms with Gasteiger partial charge in [0, 0.05) is 17.4 Å². The number of carbonyl (C=O) groups excluding carboxylic acids is 1. The first-order valence-corrected chi connectivity index (χ1v) is 7.90. The van der Waals surface area contributed by atoms with Crippen molar-refractivity contribution in [2.24, 2.45) is 5.41 Å². The Morgan fingerprint density at radius 3 is 2.73 bits per heavy atom. The quantitative estimate of drug-likeness (QED) is 0.792. The first kappa shape index (κ1) is 16.4. The summed E-state index contributed by atoms with van der Waals surface area (Å²) in [7, 11) is 0. The van der Waals surface area contributed by atoms with Gasteiger partial charge in [-0.1, -0.05) is 32.0 Å². The Hall–Kier alpha value is -1.97. The molecule has 1 aliphatic carbocycles. The molecule has 22 heavy (non-hydrogen) atoms. The molecule has 0 bridgehead atoms. The van der Waals surface area contributed by atoms with Gasteiger partial charge >= 0.3 is 5.97 Å². The SMILES string of the molecule is CCOC(=O)CNC1=CC(Nc2ccccc2)CC(C)(C)C1. The summed E-state index contributed by atoms with van der Waals surface area (Å²) in [6.45, 7) is 6.98. The third-order valence-corrected chi connectivity index (χ3v) is 3.73. The fourth-order valence-corrected chi connectivity index (χ4v) is 2.90. The molecule has 0 fully saturated rings. The Morgan fingerprint density at radius 1 is 1.32 bits per heavy atom. The van der Waals surface area contributed by atoms with Crippen LogP contribution in [-0.2, 0) is 9.53 Å². The van der Waals surface area contributed by atoms with E-state index in [0.29, 0.717) is 6.61 Å². The molecule has 4 heteroatoms. The molecule has 4 nitrogen and oxygen atoms in total. The van der Waals surface area contributed by atoms with Crippen molar-refractivity contribution in [2.75, 3.05) is 18.5 Å². The third kappa shape index (κ3) is 5.10. The van der Waals surface area contributed by atoms with Crippen molar-refractivity contribution in [2.45, 2.75) is 39.7 Å². The number of hydrogen-bond acceptors (Lipinski definition) is 4. The molecular weight excluding hydrogens is 276 g/mol. The largest absolute Gasteiger partial charge is 0.465 e. The molecule has 0 aromatic heterocycles. The van der Waals surface area contributed by atoms with Crippen LogP contribution in [0.1, 0.15) is 33.6 Å². The van der Waals surface area contributed by atoms with Crippen LogP contribution in [0.5, 0.6) is 0 Å². The molecule has 0 saturated heterocycles. The fraction of sp³-hybridized carbons (Fsp3) is 0.500. The smallest absolute Gasteiger partial charge is 0.325 e. The number of para-hydroxylation sites is 1. The number of ether oxygens (including phenoxy) is 1. The van der Waals surface area contributed by atoms with E-state index in [-0.39, 0.29) is 24.0 Å². The maximum Gasteiger partial charge on any atom is 0.325 e. The minimum Gasteiger partial charge on any atom is -0.465 e. The Bertz CT molecular complexity index is 523. The van der Waals surface area contributed by atoms with Crippen molar-refractivity contribution in [3.63, 3.8) is 0 Å². The van der Waals surface area contributed by atoms with Gasteiger partial charge in [0.15, 0.2) is 0 Å². The summed E-state index contributed by atoms with van der Waals surface area (Å²) in [5, 5.41) is 6.77. The maximum atomic E-state index is 11.5. The lowest BCUT2D eigenvalue weighted by atomic mass is 9.77. The Balaban J connectivity index is 2.00. The van der Waals surface area contributed by atoms with Crippen LogP contribution in [0.2, 0.25) is 0 Å². The van der Waals surface area contributed by atoms with E-state index in [2.05, 4.69) is 42.7 Å². The van der Waals surface area contributed by atoms with Crippen molar-refractivity contribution in [3.05, 3.63) is 42.1 Å². The van der Waals surface area contributed by atoms with Gasteiger partial charge in [-0.05, 0) is 43.4 Å². The van der Waals surface area contributed by atoms with Crippen molar-refractivity contribution < 1.29 is 9.53 Å². The van der Waals surface area contributed by atoms with Gasteiger partial charge in [0.1, 0.15) is 6.54 Å². The van der Waals surface area contributed by atoms with E-state index >= 15 is 0 Å². The zero-order chi connectivity index (χ0) is 16.0. The number of hydrogen-bond donors (Lipinski definition) is 2. The first-order chi connectivity index (χ1) is 10.5. The third-order valence-electron chi connectivity index (χ3n) is 3.73. The molecule has 1 aliphatic rings. The van der Waals surface area contributed by atoms with Crippen LogP contribution in [0, 0.1) is 5.41 Å². The molecule has 0 spiro atoms. The molecule has 1 aromatic carbocycles. The number of allylic oxidation sites excluding steroid dienone is 1. The summed E-state index contributed by atoms with van der Waals surface area (Å²) in [5.74, 6) is -0.209. The van der Waals surface area contributed by atoms with Gasteiger partial charge in [-0.15, -0.1) is 0 Å². The molecule has 1 atom stereocenters. The van der Waals surface area contributed by atoms with Crippen molar-refractivity contribution >= 4 is 11.7 Å². The molecule has 0 amide bonds. The molecule has 0 radical (unpaired) electrons. The second-order valence-electron chi connectivity index (χ2n) is 6.51.